The van der Waals surface area contributed by atoms with Gasteiger partial charge in [0.15, 0.2) is 10.1 Å². The maximum absolute atomic E-state index is 12.8. The van der Waals surface area contributed by atoms with Crippen LogP contribution < -0.4 is 0 Å². The van der Waals surface area contributed by atoms with Gasteiger partial charge in [0.1, 0.15) is 5.82 Å². The fraction of sp³-hybridized carbons (Fsp3) is 0.231. The summed E-state index contributed by atoms with van der Waals surface area (Å²) in [4.78, 5) is 16.4. The lowest BCUT2D eigenvalue weighted by Gasteiger charge is -2.07. The van der Waals surface area contributed by atoms with E-state index in [1.807, 2.05) is 19.2 Å². The summed E-state index contributed by atoms with van der Waals surface area (Å²) in [5.74, 6) is -0.338. The number of Topliss-reactive ketones (excluding diaryl/α,β-unsaturated/α-hetero) is 1. The largest absolute Gasteiger partial charge is 0.293 e. The number of thioether (sulfide) groups is 1. The number of nitrogens with zero attached hydrogens (tertiary/aromatic N) is 1. The number of hydrogen-bond donors (Lipinski definition) is 0. The first-order valence-electron chi connectivity index (χ1n) is 5.45. The van der Waals surface area contributed by atoms with Gasteiger partial charge in [-0.25, -0.2) is 9.37 Å². The Morgan fingerprint density at radius 1 is 1.39 bits per heavy atom. The van der Waals surface area contributed by atoms with Crippen molar-refractivity contribution in [3.05, 3.63) is 46.7 Å². The van der Waals surface area contributed by atoms with Crippen LogP contribution >= 0.6 is 23.1 Å². The molecule has 0 N–H and O–H groups in total. The Bertz CT molecular complexity index is 550. The summed E-state index contributed by atoms with van der Waals surface area (Å²) < 4.78 is 13.7. The molecule has 2 rings (SSSR count). The number of carbonyl (C=O) groups excluding carboxylic acids is 1. The second-order valence-electron chi connectivity index (χ2n) is 3.89. The average Bonchev–Trinajstić information content (AvgIpc) is 2.75. The quantitative estimate of drug-likeness (QED) is 0.628. The van der Waals surface area contributed by atoms with Gasteiger partial charge in [-0.05, 0) is 38.1 Å². The molecule has 1 aromatic heterocycles. The van der Waals surface area contributed by atoms with E-state index in [1.54, 1.807) is 0 Å². The molecule has 0 aliphatic carbocycles. The summed E-state index contributed by atoms with van der Waals surface area (Å²) in [6.45, 7) is 3.76. The van der Waals surface area contributed by atoms with E-state index in [4.69, 9.17) is 0 Å². The normalized spacial score (nSPS) is 12.4. The van der Waals surface area contributed by atoms with Crippen LogP contribution in [0.1, 0.15) is 23.0 Å². The van der Waals surface area contributed by atoms with Gasteiger partial charge < -0.3 is 0 Å². The molecule has 2 nitrogen and oxygen atoms in total. The number of ketones is 1. The molecule has 94 valence electrons. The summed E-state index contributed by atoms with van der Waals surface area (Å²) in [5.41, 5.74) is 1.49. The summed E-state index contributed by atoms with van der Waals surface area (Å²) in [6, 6.07) is 5.64. The zero-order chi connectivity index (χ0) is 13.1. The molecule has 1 unspecified atom stereocenters. The first-order chi connectivity index (χ1) is 8.56. The van der Waals surface area contributed by atoms with E-state index in [0.29, 0.717) is 5.56 Å². The van der Waals surface area contributed by atoms with E-state index in [2.05, 4.69) is 4.98 Å². The smallest absolute Gasteiger partial charge is 0.175 e. The standard InChI is InChI=1S/C13H12FNOS2/c1-8-7-17-13(15-8)18-9(2)12(16)10-3-5-11(14)6-4-10/h3-7,9H,1-2H3. The van der Waals surface area contributed by atoms with Gasteiger partial charge in [-0.1, -0.05) is 11.8 Å². The third-order valence-corrected chi connectivity index (χ3v) is 4.56. The summed E-state index contributed by atoms with van der Waals surface area (Å²) in [6.07, 6.45) is 0. The average molecular weight is 281 g/mol. The summed E-state index contributed by atoms with van der Waals surface area (Å²) in [7, 11) is 0. The van der Waals surface area contributed by atoms with Gasteiger partial charge >= 0.3 is 0 Å². The van der Waals surface area contributed by atoms with Crippen LogP contribution in [0.4, 0.5) is 4.39 Å². The van der Waals surface area contributed by atoms with Crippen LogP contribution in [0.25, 0.3) is 0 Å². The van der Waals surface area contributed by atoms with Gasteiger partial charge in [-0.3, -0.25) is 4.79 Å². The van der Waals surface area contributed by atoms with Crippen molar-refractivity contribution in [3.8, 4) is 0 Å². The van der Waals surface area contributed by atoms with Gasteiger partial charge in [0, 0.05) is 16.6 Å². The lowest BCUT2D eigenvalue weighted by molar-refractivity contribution is 0.0994. The third-order valence-electron chi connectivity index (χ3n) is 2.37. The van der Waals surface area contributed by atoms with E-state index in [9.17, 15) is 9.18 Å². The molecule has 0 saturated carbocycles. The molecule has 1 atom stereocenters. The van der Waals surface area contributed by atoms with Crippen molar-refractivity contribution in [2.24, 2.45) is 0 Å². The molecule has 0 bridgehead atoms. The number of hydrogen-bond acceptors (Lipinski definition) is 4. The van der Waals surface area contributed by atoms with Crippen molar-refractivity contribution < 1.29 is 9.18 Å². The first-order valence-corrected chi connectivity index (χ1v) is 7.21. The lowest BCUT2D eigenvalue weighted by Crippen LogP contribution is -2.13. The zero-order valence-corrected chi connectivity index (χ0v) is 11.6. The molecule has 0 amide bonds. The molecule has 0 saturated heterocycles. The van der Waals surface area contributed by atoms with Crippen LogP contribution in [0.5, 0.6) is 0 Å². The summed E-state index contributed by atoms with van der Waals surface area (Å²) >= 11 is 2.97. The number of aromatic nitrogens is 1. The second-order valence-corrected chi connectivity index (χ2v) is 6.33. The Labute approximate surface area is 113 Å². The Morgan fingerprint density at radius 2 is 2.06 bits per heavy atom. The highest BCUT2D eigenvalue weighted by Crippen LogP contribution is 2.28. The third kappa shape index (κ3) is 3.17. The Kier molecular flexibility index (Phi) is 4.14. The lowest BCUT2D eigenvalue weighted by atomic mass is 10.1. The number of thiazole rings is 1. The molecule has 0 spiro atoms. The van der Waals surface area contributed by atoms with Gasteiger partial charge in [0.25, 0.3) is 0 Å². The Morgan fingerprint density at radius 3 is 2.61 bits per heavy atom. The molecule has 5 heteroatoms. The van der Waals surface area contributed by atoms with Crippen LogP contribution in [0.15, 0.2) is 34.0 Å². The topological polar surface area (TPSA) is 30.0 Å². The molecular formula is C13H12FNOS2. The van der Waals surface area contributed by atoms with Crippen molar-refractivity contribution in [1.82, 2.24) is 4.98 Å². The monoisotopic (exact) mass is 281 g/mol. The van der Waals surface area contributed by atoms with Crippen molar-refractivity contribution >= 4 is 28.9 Å². The predicted octanol–water partition coefficient (Wildman–Crippen LogP) is 3.95. The van der Waals surface area contributed by atoms with Crippen LogP contribution in [0.2, 0.25) is 0 Å². The SMILES string of the molecule is Cc1csc(SC(C)C(=O)c2ccc(F)cc2)n1. The predicted molar refractivity (Wildman–Crippen MR) is 72.9 cm³/mol. The molecule has 1 aromatic carbocycles. The van der Waals surface area contributed by atoms with E-state index >= 15 is 0 Å². The number of halogens is 1. The summed E-state index contributed by atoms with van der Waals surface area (Å²) in [5, 5.41) is 1.73. The molecule has 0 aliphatic heterocycles. The first kappa shape index (κ1) is 13.2. The number of benzene rings is 1. The fourth-order valence-electron chi connectivity index (χ4n) is 1.44. The van der Waals surface area contributed by atoms with Gasteiger partial charge in [-0.2, -0.15) is 0 Å². The minimum atomic E-state index is -0.331. The molecule has 18 heavy (non-hydrogen) atoms. The minimum Gasteiger partial charge on any atom is -0.293 e. The molecular weight excluding hydrogens is 269 g/mol. The highest BCUT2D eigenvalue weighted by molar-refractivity contribution is 8.02. The van der Waals surface area contributed by atoms with E-state index < -0.39 is 0 Å². The van der Waals surface area contributed by atoms with Gasteiger partial charge in [-0.15, -0.1) is 11.3 Å². The highest BCUT2D eigenvalue weighted by atomic mass is 32.2. The van der Waals surface area contributed by atoms with Gasteiger partial charge in [0.2, 0.25) is 0 Å². The Balaban J connectivity index is 2.07. The maximum atomic E-state index is 12.8. The molecule has 0 fully saturated rings. The zero-order valence-electron chi connectivity index (χ0n) is 10.0. The van der Waals surface area contributed by atoms with E-state index in [1.165, 1.54) is 47.4 Å². The van der Waals surface area contributed by atoms with E-state index in [-0.39, 0.29) is 16.9 Å². The highest BCUT2D eigenvalue weighted by Gasteiger charge is 2.17. The van der Waals surface area contributed by atoms with Crippen molar-refractivity contribution in [2.75, 3.05) is 0 Å². The number of carbonyl (C=O) groups is 1. The number of aryl methyl sites for hydroxylation is 1. The molecule has 0 radical (unpaired) electrons. The molecule has 0 aliphatic rings. The fourth-order valence-corrected chi connectivity index (χ4v) is 3.50. The van der Waals surface area contributed by atoms with Crippen molar-refractivity contribution in [1.29, 1.82) is 0 Å². The number of rotatable bonds is 4. The van der Waals surface area contributed by atoms with Crippen molar-refractivity contribution in [2.45, 2.75) is 23.4 Å². The molecule has 2 aromatic rings. The maximum Gasteiger partial charge on any atom is 0.175 e. The Hall–Kier alpha value is -1.20. The van der Waals surface area contributed by atoms with E-state index in [0.717, 1.165) is 10.0 Å². The van der Waals surface area contributed by atoms with Crippen LogP contribution in [-0.4, -0.2) is 16.0 Å². The van der Waals surface area contributed by atoms with Crippen LogP contribution in [0, 0.1) is 12.7 Å². The van der Waals surface area contributed by atoms with Crippen LogP contribution in [-0.2, 0) is 0 Å². The van der Waals surface area contributed by atoms with Gasteiger partial charge in [0.05, 0.1) is 5.25 Å². The van der Waals surface area contributed by atoms with Crippen LogP contribution in [0.3, 0.4) is 0 Å². The minimum absolute atomic E-state index is 0.00662. The molecule has 1 heterocycles. The van der Waals surface area contributed by atoms with Crippen molar-refractivity contribution in [3.63, 3.8) is 0 Å². The second kappa shape index (κ2) is 5.63.